The Bertz CT molecular complexity index is 772. The van der Waals surface area contributed by atoms with Crippen LogP contribution in [-0.4, -0.2) is 20.1 Å². The van der Waals surface area contributed by atoms with Gasteiger partial charge in [-0.15, -0.1) is 11.8 Å². The Morgan fingerprint density at radius 1 is 1.14 bits per heavy atom. The summed E-state index contributed by atoms with van der Waals surface area (Å²) in [5.74, 6) is 0.632. The van der Waals surface area contributed by atoms with Gasteiger partial charge in [-0.2, -0.15) is 0 Å². The van der Waals surface area contributed by atoms with Crippen molar-refractivity contribution in [3.63, 3.8) is 0 Å². The lowest BCUT2D eigenvalue weighted by Gasteiger charge is -2.09. The fourth-order valence-corrected chi connectivity index (χ4v) is 3.18. The summed E-state index contributed by atoms with van der Waals surface area (Å²) < 4.78 is 22.4. The van der Waals surface area contributed by atoms with Gasteiger partial charge in [0.2, 0.25) is 10.0 Å². The van der Waals surface area contributed by atoms with Crippen LogP contribution >= 0.6 is 11.8 Å². The molecule has 2 aromatic rings. The third-order valence-electron chi connectivity index (χ3n) is 2.87. The zero-order valence-electron chi connectivity index (χ0n) is 11.9. The van der Waals surface area contributed by atoms with Crippen molar-refractivity contribution in [2.45, 2.75) is 16.7 Å². The number of amides is 1. The molecule has 0 saturated carbocycles. The summed E-state index contributed by atoms with van der Waals surface area (Å²) in [4.78, 5) is 13.2. The third-order valence-corrected chi connectivity index (χ3v) is 4.76. The predicted octanol–water partition coefficient (Wildman–Crippen LogP) is 2.70. The summed E-state index contributed by atoms with van der Waals surface area (Å²) >= 11 is 1.59. The van der Waals surface area contributed by atoms with Crippen LogP contribution in [0.4, 0.5) is 5.69 Å². The number of nitrogens with two attached hydrogens (primary N) is 1. The second-order valence-corrected chi connectivity index (χ2v) is 7.32. The van der Waals surface area contributed by atoms with Gasteiger partial charge < -0.3 is 5.32 Å². The van der Waals surface area contributed by atoms with E-state index in [1.807, 2.05) is 19.1 Å². The van der Waals surface area contributed by atoms with Crippen LogP contribution in [0.1, 0.15) is 17.3 Å². The summed E-state index contributed by atoms with van der Waals surface area (Å²) in [6, 6.07) is 13.1. The highest BCUT2D eigenvalue weighted by atomic mass is 32.2. The highest BCUT2D eigenvalue weighted by Gasteiger charge is 2.12. The van der Waals surface area contributed by atoms with Crippen molar-refractivity contribution < 1.29 is 13.2 Å². The third kappa shape index (κ3) is 4.09. The zero-order valence-corrected chi connectivity index (χ0v) is 13.6. The molecule has 0 atom stereocenters. The Labute approximate surface area is 134 Å². The Hall–Kier alpha value is -1.83. The van der Waals surface area contributed by atoms with Gasteiger partial charge in [-0.1, -0.05) is 19.1 Å². The summed E-state index contributed by atoms with van der Waals surface area (Å²) in [6.07, 6.45) is 0. The molecule has 2 aromatic carbocycles. The second-order valence-electron chi connectivity index (χ2n) is 4.45. The van der Waals surface area contributed by atoms with Gasteiger partial charge in [0.05, 0.1) is 10.5 Å². The van der Waals surface area contributed by atoms with E-state index in [4.69, 9.17) is 5.14 Å². The topological polar surface area (TPSA) is 89.3 Å². The monoisotopic (exact) mass is 336 g/mol. The molecule has 0 bridgehead atoms. The normalized spacial score (nSPS) is 11.2. The molecular formula is C15H16N2O3S2. The van der Waals surface area contributed by atoms with Crippen LogP contribution in [0.15, 0.2) is 58.3 Å². The van der Waals surface area contributed by atoms with Crippen molar-refractivity contribution in [3.05, 3.63) is 54.1 Å². The number of thioether (sulfide) groups is 1. The summed E-state index contributed by atoms with van der Waals surface area (Å²) in [6.45, 7) is 2.02. The molecule has 0 aromatic heterocycles. The standard InChI is InChI=1S/C15H16N2O3S2/c1-2-21-14-6-4-3-5-13(14)15(18)17-11-7-9-12(10-8-11)22(16,19)20/h3-10H,2H2,1H3,(H,17,18)(H2,16,19,20). The highest BCUT2D eigenvalue weighted by Crippen LogP contribution is 2.23. The molecule has 116 valence electrons. The number of primary sulfonamides is 1. The number of hydrogen-bond acceptors (Lipinski definition) is 4. The maximum Gasteiger partial charge on any atom is 0.256 e. The Morgan fingerprint density at radius 2 is 1.77 bits per heavy atom. The molecule has 7 heteroatoms. The van der Waals surface area contributed by atoms with Crippen LogP contribution < -0.4 is 10.5 Å². The lowest BCUT2D eigenvalue weighted by molar-refractivity contribution is 0.102. The minimum atomic E-state index is -3.73. The van der Waals surface area contributed by atoms with E-state index >= 15 is 0 Å². The number of hydrogen-bond donors (Lipinski definition) is 2. The average Bonchev–Trinajstić information content (AvgIpc) is 2.47. The van der Waals surface area contributed by atoms with E-state index in [2.05, 4.69) is 5.32 Å². The van der Waals surface area contributed by atoms with Crippen LogP contribution in [0, 0.1) is 0 Å². The fraction of sp³-hybridized carbons (Fsp3) is 0.133. The van der Waals surface area contributed by atoms with Crippen molar-refractivity contribution in [2.75, 3.05) is 11.1 Å². The van der Waals surface area contributed by atoms with Gasteiger partial charge in [-0.25, -0.2) is 13.6 Å². The Kier molecular flexibility index (Phi) is 5.23. The highest BCUT2D eigenvalue weighted by molar-refractivity contribution is 7.99. The molecule has 0 aliphatic carbocycles. The molecular weight excluding hydrogens is 320 g/mol. The minimum Gasteiger partial charge on any atom is -0.322 e. The van der Waals surface area contributed by atoms with Gasteiger partial charge >= 0.3 is 0 Å². The van der Waals surface area contributed by atoms with Crippen molar-refractivity contribution in [2.24, 2.45) is 5.14 Å². The van der Waals surface area contributed by atoms with Crippen LogP contribution in [0.25, 0.3) is 0 Å². The van der Waals surface area contributed by atoms with E-state index in [1.165, 1.54) is 24.3 Å². The molecule has 0 unspecified atom stereocenters. The molecule has 1 amide bonds. The van der Waals surface area contributed by atoms with Gasteiger partial charge in [0, 0.05) is 10.6 Å². The van der Waals surface area contributed by atoms with Gasteiger partial charge in [0.25, 0.3) is 5.91 Å². The number of rotatable bonds is 5. The fourth-order valence-electron chi connectivity index (χ4n) is 1.86. The number of carbonyl (C=O) groups is 1. The van der Waals surface area contributed by atoms with E-state index in [1.54, 1.807) is 23.9 Å². The van der Waals surface area contributed by atoms with Crippen LogP contribution in [0.3, 0.4) is 0 Å². The molecule has 5 nitrogen and oxygen atoms in total. The van der Waals surface area contributed by atoms with E-state index in [0.29, 0.717) is 11.3 Å². The van der Waals surface area contributed by atoms with Gasteiger partial charge in [0.1, 0.15) is 0 Å². The molecule has 0 aliphatic heterocycles. The molecule has 0 fully saturated rings. The number of nitrogens with one attached hydrogen (secondary N) is 1. The van der Waals surface area contributed by atoms with E-state index in [9.17, 15) is 13.2 Å². The quantitative estimate of drug-likeness (QED) is 0.822. The minimum absolute atomic E-state index is 0.00689. The summed E-state index contributed by atoms with van der Waals surface area (Å²) in [5.41, 5.74) is 1.10. The first-order chi connectivity index (χ1) is 10.4. The first kappa shape index (κ1) is 16.5. The smallest absolute Gasteiger partial charge is 0.256 e. The van der Waals surface area contributed by atoms with E-state index in [-0.39, 0.29) is 10.8 Å². The molecule has 0 radical (unpaired) electrons. The van der Waals surface area contributed by atoms with Crippen LogP contribution in [0.5, 0.6) is 0 Å². The largest absolute Gasteiger partial charge is 0.322 e. The molecule has 0 saturated heterocycles. The average molecular weight is 336 g/mol. The van der Waals surface area contributed by atoms with Crippen molar-refractivity contribution in [3.8, 4) is 0 Å². The second kappa shape index (κ2) is 6.95. The molecule has 22 heavy (non-hydrogen) atoms. The maximum absolute atomic E-state index is 12.3. The lowest BCUT2D eigenvalue weighted by Crippen LogP contribution is -2.14. The van der Waals surface area contributed by atoms with Crippen molar-refractivity contribution in [1.82, 2.24) is 0 Å². The van der Waals surface area contributed by atoms with Crippen molar-refractivity contribution >= 4 is 33.4 Å². The molecule has 0 heterocycles. The van der Waals surface area contributed by atoms with E-state index in [0.717, 1.165) is 10.6 Å². The van der Waals surface area contributed by atoms with Crippen molar-refractivity contribution in [1.29, 1.82) is 0 Å². The number of carbonyl (C=O) groups excluding carboxylic acids is 1. The Morgan fingerprint density at radius 3 is 2.36 bits per heavy atom. The molecule has 0 aliphatic rings. The lowest BCUT2D eigenvalue weighted by atomic mass is 10.2. The number of anilines is 1. The first-order valence-electron chi connectivity index (χ1n) is 6.58. The molecule has 3 N–H and O–H groups in total. The Balaban J connectivity index is 2.19. The van der Waals surface area contributed by atoms with Gasteiger partial charge in [0.15, 0.2) is 0 Å². The summed E-state index contributed by atoms with van der Waals surface area (Å²) in [7, 11) is -3.73. The van der Waals surface area contributed by atoms with Gasteiger partial charge in [-0.05, 0) is 42.2 Å². The number of sulfonamides is 1. The number of benzene rings is 2. The molecule has 0 spiro atoms. The SMILES string of the molecule is CCSc1ccccc1C(=O)Nc1ccc(S(N)(=O)=O)cc1. The zero-order chi connectivity index (χ0) is 16.2. The van der Waals surface area contributed by atoms with Gasteiger partial charge in [-0.3, -0.25) is 4.79 Å². The van der Waals surface area contributed by atoms with E-state index < -0.39 is 10.0 Å². The van der Waals surface area contributed by atoms with Crippen LogP contribution in [0.2, 0.25) is 0 Å². The first-order valence-corrected chi connectivity index (χ1v) is 9.11. The van der Waals surface area contributed by atoms with Crippen LogP contribution in [-0.2, 0) is 10.0 Å². The predicted molar refractivity (Wildman–Crippen MR) is 88.6 cm³/mol. The molecule has 2 rings (SSSR count). The summed E-state index contributed by atoms with van der Waals surface area (Å²) in [5, 5.41) is 7.78. The maximum atomic E-state index is 12.3.